The third-order valence-corrected chi connectivity index (χ3v) is 5.43. The Labute approximate surface area is 147 Å². The Bertz CT molecular complexity index is 765. The Morgan fingerprint density at radius 2 is 1.84 bits per heavy atom. The van der Waals surface area contributed by atoms with Crippen LogP contribution in [0, 0.1) is 5.92 Å². The molecule has 1 aliphatic carbocycles. The molecule has 0 saturated carbocycles. The van der Waals surface area contributed by atoms with E-state index in [4.69, 9.17) is 0 Å². The minimum atomic E-state index is 0.0736. The molecule has 0 unspecified atom stereocenters. The lowest BCUT2D eigenvalue weighted by atomic mass is 9.95. The summed E-state index contributed by atoms with van der Waals surface area (Å²) in [5.41, 5.74) is 3.55. The van der Waals surface area contributed by atoms with Crippen LogP contribution in [-0.2, 0) is 25.9 Å². The average Bonchev–Trinajstić information content (AvgIpc) is 2.65. The number of hydrogen-bond donors (Lipinski definition) is 0. The highest BCUT2D eigenvalue weighted by Gasteiger charge is 2.21. The summed E-state index contributed by atoms with van der Waals surface area (Å²) in [7, 11) is 0. The molecule has 0 N–H and O–H groups in total. The smallest absolute Gasteiger partial charge is 0.267 e. The third-order valence-electron chi connectivity index (χ3n) is 5.43. The molecule has 0 spiro atoms. The molecule has 1 aliphatic heterocycles. The fourth-order valence-corrected chi connectivity index (χ4v) is 3.97. The largest absolute Gasteiger partial charge is 0.299 e. The van der Waals surface area contributed by atoms with Crippen LogP contribution in [0.5, 0.6) is 0 Å². The molecular formula is C19H25N5O. The normalized spacial score (nSPS) is 18.9. The van der Waals surface area contributed by atoms with Gasteiger partial charge >= 0.3 is 0 Å². The molecule has 3 heterocycles. The van der Waals surface area contributed by atoms with Gasteiger partial charge in [-0.3, -0.25) is 9.69 Å². The first-order valence-electron chi connectivity index (χ1n) is 9.34. The van der Waals surface area contributed by atoms with E-state index in [1.165, 1.54) is 18.4 Å². The molecule has 6 nitrogen and oxygen atoms in total. The van der Waals surface area contributed by atoms with E-state index in [2.05, 4.69) is 20.0 Å². The van der Waals surface area contributed by atoms with Crippen LogP contribution in [0.3, 0.4) is 0 Å². The Morgan fingerprint density at radius 3 is 2.64 bits per heavy atom. The quantitative estimate of drug-likeness (QED) is 0.850. The van der Waals surface area contributed by atoms with Gasteiger partial charge in [0.2, 0.25) is 0 Å². The number of fused-ring (bicyclic) bond motifs is 1. The number of hydrogen-bond acceptors (Lipinski definition) is 5. The van der Waals surface area contributed by atoms with Crippen molar-refractivity contribution in [3.8, 4) is 0 Å². The van der Waals surface area contributed by atoms with Crippen molar-refractivity contribution in [3.63, 3.8) is 0 Å². The van der Waals surface area contributed by atoms with Crippen LogP contribution in [0.1, 0.15) is 42.5 Å². The first-order valence-corrected chi connectivity index (χ1v) is 9.34. The van der Waals surface area contributed by atoms with Crippen molar-refractivity contribution in [1.29, 1.82) is 0 Å². The van der Waals surface area contributed by atoms with Crippen molar-refractivity contribution >= 4 is 0 Å². The van der Waals surface area contributed by atoms with Crippen molar-refractivity contribution in [3.05, 3.63) is 52.0 Å². The van der Waals surface area contributed by atoms with Gasteiger partial charge in [-0.25, -0.2) is 14.6 Å². The van der Waals surface area contributed by atoms with Crippen molar-refractivity contribution in [2.75, 3.05) is 13.1 Å². The van der Waals surface area contributed by atoms with Crippen molar-refractivity contribution in [2.45, 2.75) is 51.6 Å². The van der Waals surface area contributed by atoms with Gasteiger partial charge in [-0.05, 0) is 63.1 Å². The molecule has 25 heavy (non-hydrogen) atoms. The van der Waals surface area contributed by atoms with Crippen molar-refractivity contribution < 1.29 is 0 Å². The molecule has 6 heteroatoms. The van der Waals surface area contributed by atoms with E-state index < -0.39 is 0 Å². The first kappa shape index (κ1) is 16.4. The summed E-state index contributed by atoms with van der Waals surface area (Å²) in [6, 6.07) is 1.83. The molecular weight excluding hydrogens is 314 g/mol. The maximum atomic E-state index is 12.3. The third kappa shape index (κ3) is 3.95. The van der Waals surface area contributed by atoms with E-state index in [0.29, 0.717) is 5.92 Å². The van der Waals surface area contributed by atoms with Crippen LogP contribution in [0.2, 0.25) is 0 Å². The molecule has 0 atom stereocenters. The highest BCUT2D eigenvalue weighted by Crippen LogP contribution is 2.21. The average molecular weight is 339 g/mol. The van der Waals surface area contributed by atoms with E-state index >= 15 is 0 Å². The molecule has 2 aromatic heterocycles. The summed E-state index contributed by atoms with van der Waals surface area (Å²) in [5.74, 6) is 0.537. The molecule has 1 saturated heterocycles. The van der Waals surface area contributed by atoms with Crippen LogP contribution < -0.4 is 5.56 Å². The van der Waals surface area contributed by atoms with E-state index in [0.717, 1.165) is 63.1 Å². The van der Waals surface area contributed by atoms with Crippen LogP contribution in [0.4, 0.5) is 0 Å². The number of rotatable bonds is 4. The van der Waals surface area contributed by atoms with E-state index in [1.54, 1.807) is 11.0 Å². The number of aromatic nitrogens is 4. The zero-order valence-electron chi connectivity index (χ0n) is 14.6. The highest BCUT2D eigenvalue weighted by molar-refractivity contribution is 5.20. The molecule has 132 valence electrons. The maximum absolute atomic E-state index is 12.3. The fraction of sp³-hybridized carbons (Fsp3) is 0.579. The van der Waals surface area contributed by atoms with E-state index in [1.807, 2.05) is 18.5 Å². The van der Waals surface area contributed by atoms with Gasteiger partial charge in [0.15, 0.2) is 0 Å². The van der Waals surface area contributed by atoms with Crippen LogP contribution in [-0.4, -0.2) is 37.7 Å². The fourth-order valence-electron chi connectivity index (χ4n) is 3.97. The van der Waals surface area contributed by atoms with Crippen molar-refractivity contribution in [2.24, 2.45) is 5.92 Å². The minimum absolute atomic E-state index is 0.0736. The molecule has 0 aromatic carbocycles. The van der Waals surface area contributed by atoms with E-state index in [-0.39, 0.29) is 5.56 Å². The van der Waals surface area contributed by atoms with Gasteiger partial charge in [0.25, 0.3) is 5.56 Å². The molecule has 2 aromatic rings. The Balaban J connectivity index is 1.35. The lowest BCUT2D eigenvalue weighted by Crippen LogP contribution is -2.37. The SMILES string of the molecule is O=c1cc2c(nn1CC1CCN(Cc3cncnc3)CC1)CCCC2. The molecule has 0 bridgehead atoms. The predicted octanol–water partition coefficient (Wildman–Crippen LogP) is 1.82. The zero-order chi connectivity index (χ0) is 17.1. The van der Waals surface area contributed by atoms with Gasteiger partial charge in [-0.2, -0.15) is 5.10 Å². The highest BCUT2D eigenvalue weighted by atomic mass is 16.1. The topological polar surface area (TPSA) is 63.9 Å². The number of aryl methyl sites for hydroxylation is 2. The summed E-state index contributed by atoms with van der Waals surface area (Å²) < 4.78 is 1.72. The van der Waals surface area contributed by atoms with Gasteiger partial charge in [-0.15, -0.1) is 0 Å². The monoisotopic (exact) mass is 339 g/mol. The second-order valence-corrected chi connectivity index (χ2v) is 7.31. The van der Waals surface area contributed by atoms with E-state index in [9.17, 15) is 4.79 Å². The van der Waals surface area contributed by atoms with Crippen LogP contribution in [0.25, 0.3) is 0 Å². The molecule has 1 fully saturated rings. The lowest BCUT2D eigenvalue weighted by Gasteiger charge is -2.32. The second kappa shape index (κ2) is 7.44. The lowest BCUT2D eigenvalue weighted by molar-refractivity contribution is 0.163. The maximum Gasteiger partial charge on any atom is 0.267 e. The number of piperidine rings is 1. The van der Waals surface area contributed by atoms with Gasteiger partial charge in [0, 0.05) is 37.1 Å². The first-order chi connectivity index (χ1) is 12.3. The Hall–Kier alpha value is -2.08. The van der Waals surface area contributed by atoms with Crippen LogP contribution in [0.15, 0.2) is 29.6 Å². The van der Waals surface area contributed by atoms with Crippen LogP contribution >= 0.6 is 0 Å². The summed E-state index contributed by atoms with van der Waals surface area (Å²) in [5, 5.41) is 4.67. The van der Waals surface area contributed by atoms with Gasteiger partial charge < -0.3 is 0 Å². The Kier molecular flexibility index (Phi) is 4.88. The summed E-state index contributed by atoms with van der Waals surface area (Å²) >= 11 is 0. The minimum Gasteiger partial charge on any atom is -0.299 e. The summed E-state index contributed by atoms with van der Waals surface area (Å²) in [4.78, 5) is 23.0. The molecule has 0 radical (unpaired) electrons. The van der Waals surface area contributed by atoms with Gasteiger partial charge in [0.1, 0.15) is 6.33 Å². The molecule has 2 aliphatic rings. The van der Waals surface area contributed by atoms with Crippen molar-refractivity contribution in [1.82, 2.24) is 24.6 Å². The number of likely N-dealkylation sites (tertiary alicyclic amines) is 1. The standard InChI is InChI=1S/C19H25N5O/c25-19-9-17-3-1-2-4-18(17)22-24(19)13-15-5-7-23(8-6-15)12-16-10-20-14-21-11-16/h9-11,14-15H,1-8,12-13H2. The molecule has 4 rings (SSSR count). The Morgan fingerprint density at radius 1 is 1.08 bits per heavy atom. The summed E-state index contributed by atoms with van der Waals surface area (Å²) in [6.07, 6.45) is 12.0. The van der Waals surface area contributed by atoms with Gasteiger partial charge in [-0.1, -0.05) is 0 Å². The predicted molar refractivity (Wildman–Crippen MR) is 95.2 cm³/mol. The molecule has 0 amide bonds. The number of nitrogens with zero attached hydrogens (tertiary/aromatic N) is 5. The summed E-state index contributed by atoms with van der Waals surface area (Å²) in [6.45, 7) is 3.78. The van der Waals surface area contributed by atoms with Gasteiger partial charge in [0.05, 0.1) is 5.69 Å². The zero-order valence-corrected chi connectivity index (χ0v) is 14.6. The second-order valence-electron chi connectivity index (χ2n) is 7.31.